The fourth-order valence-corrected chi connectivity index (χ4v) is 1.09. The minimum absolute atomic E-state index is 0.0460. The molecule has 3 nitrogen and oxygen atoms in total. The maximum atomic E-state index is 12.6. The molecule has 1 aromatic carbocycles. The molecule has 0 spiro atoms. The normalized spacial score (nSPS) is 10.1. The fraction of sp³-hybridized carbons (Fsp3) is 0.364. The van der Waals surface area contributed by atoms with Crippen molar-refractivity contribution < 1.29 is 13.9 Å². The van der Waals surface area contributed by atoms with Crippen LogP contribution in [-0.4, -0.2) is 26.2 Å². The topological polar surface area (TPSA) is 29.5 Å². The number of rotatable bonds is 4. The average molecular weight is 211 g/mol. The van der Waals surface area contributed by atoms with Crippen molar-refractivity contribution in [1.29, 1.82) is 0 Å². The van der Waals surface area contributed by atoms with Gasteiger partial charge in [-0.05, 0) is 31.2 Å². The Morgan fingerprint density at radius 1 is 1.40 bits per heavy atom. The molecule has 1 aromatic rings. The molecule has 0 saturated carbocycles. The van der Waals surface area contributed by atoms with Crippen molar-refractivity contribution in [2.45, 2.75) is 6.92 Å². The lowest BCUT2D eigenvalue weighted by Crippen LogP contribution is -2.30. The Balaban J connectivity index is 2.63. The molecule has 0 aromatic heterocycles. The summed E-state index contributed by atoms with van der Waals surface area (Å²) in [4.78, 5) is 12.9. The van der Waals surface area contributed by atoms with Gasteiger partial charge in [-0.2, -0.15) is 0 Å². The largest absolute Gasteiger partial charge is 0.372 e. The van der Waals surface area contributed by atoms with Gasteiger partial charge in [0, 0.05) is 19.3 Å². The molecule has 15 heavy (non-hydrogen) atoms. The van der Waals surface area contributed by atoms with E-state index in [1.54, 1.807) is 19.2 Å². The summed E-state index contributed by atoms with van der Waals surface area (Å²) in [6.07, 6.45) is 0. The molecule has 4 heteroatoms. The predicted molar refractivity (Wildman–Crippen MR) is 56.3 cm³/mol. The van der Waals surface area contributed by atoms with E-state index in [9.17, 15) is 9.18 Å². The fourth-order valence-electron chi connectivity index (χ4n) is 1.09. The number of anilines is 1. The Bertz CT molecular complexity index is 324. The first-order chi connectivity index (χ1) is 7.15. The van der Waals surface area contributed by atoms with E-state index >= 15 is 0 Å². The van der Waals surface area contributed by atoms with Crippen molar-refractivity contribution in [3.63, 3.8) is 0 Å². The van der Waals surface area contributed by atoms with Gasteiger partial charge in [-0.3, -0.25) is 4.79 Å². The summed E-state index contributed by atoms with van der Waals surface area (Å²) in [7, 11) is 1.63. The van der Waals surface area contributed by atoms with Gasteiger partial charge in [0.2, 0.25) is 0 Å². The van der Waals surface area contributed by atoms with E-state index in [0.717, 1.165) is 0 Å². The van der Waals surface area contributed by atoms with Gasteiger partial charge in [0.25, 0.3) is 5.91 Å². The number of hydrogen-bond acceptors (Lipinski definition) is 2. The lowest BCUT2D eigenvalue weighted by Gasteiger charge is -2.16. The Morgan fingerprint density at radius 2 is 2.00 bits per heavy atom. The lowest BCUT2D eigenvalue weighted by atomic mass is 10.3. The summed E-state index contributed by atoms with van der Waals surface area (Å²) in [5, 5.41) is 0. The van der Waals surface area contributed by atoms with Crippen LogP contribution in [0.2, 0.25) is 0 Å². The van der Waals surface area contributed by atoms with Crippen molar-refractivity contribution in [1.82, 2.24) is 0 Å². The molecule has 0 aliphatic rings. The minimum atomic E-state index is -0.315. The third-order valence-corrected chi connectivity index (χ3v) is 2.02. The van der Waals surface area contributed by atoms with Gasteiger partial charge < -0.3 is 9.64 Å². The van der Waals surface area contributed by atoms with E-state index in [1.165, 1.54) is 17.0 Å². The maximum Gasteiger partial charge on any atom is 0.252 e. The van der Waals surface area contributed by atoms with E-state index in [-0.39, 0.29) is 18.3 Å². The number of carbonyl (C=O) groups excluding carboxylic acids is 1. The van der Waals surface area contributed by atoms with E-state index in [0.29, 0.717) is 12.3 Å². The number of benzene rings is 1. The number of carbonyl (C=O) groups is 1. The van der Waals surface area contributed by atoms with E-state index in [4.69, 9.17) is 4.74 Å². The molecule has 0 aliphatic carbocycles. The second-order valence-electron chi connectivity index (χ2n) is 3.07. The quantitative estimate of drug-likeness (QED) is 0.760. The van der Waals surface area contributed by atoms with E-state index < -0.39 is 0 Å². The first-order valence-corrected chi connectivity index (χ1v) is 4.75. The van der Waals surface area contributed by atoms with Crippen LogP contribution in [0.25, 0.3) is 0 Å². The highest BCUT2D eigenvalue weighted by atomic mass is 19.1. The molecule has 1 rings (SSSR count). The van der Waals surface area contributed by atoms with Crippen LogP contribution in [-0.2, 0) is 9.53 Å². The van der Waals surface area contributed by atoms with Crippen LogP contribution in [0.1, 0.15) is 6.92 Å². The maximum absolute atomic E-state index is 12.6. The molecule has 1 amide bonds. The number of ether oxygens (including phenoxy) is 1. The summed E-state index contributed by atoms with van der Waals surface area (Å²) < 4.78 is 17.6. The zero-order valence-corrected chi connectivity index (χ0v) is 8.87. The Labute approximate surface area is 88.5 Å². The standard InChI is InChI=1S/C11H14FNO2/c1-3-15-8-11(14)13(2)10-6-4-9(12)5-7-10/h4-7H,3,8H2,1-2H3. The minimum Gasteiger partial charge on any atom is -0.372 e. The van der Waals surface area contributed by atoms with Crippen molar-refractivity contribution in [2.24, 2.45) is 0 Å². The molecule has 0 atom stereocenters. The summed E-state index contributed by atoms with van der Waals surface area (Å²) in [5.41, 5.74) is 0.654. The summed E-state index contributed by atoms with van der Waals surface area (Å²) in [6, 6.07) is 5.75. The van der Waals surface area contributed by atoms with Crippen molar-refractivity contribution in [3.8, 4) is 0 Å². The van der Waals surface area contributed by atoms with E-state index in [2.05, 4.69) is 0 Å². The second kappa shape index (κ2) is 5.46. The number of hydrogen-bond donors (Lipinski definition) is 0. The smallest absolute Gasteiger partial charge is 0.252 e. The Hall–Kier alpha value is -1.42. The highest BCUT2D eigenvalue weighted by Crippen LogP contribution is 2.12. The average Bonchev–Trinajstić information content (AvgIpc) is 2.26. The number of amides is 1. The van der Waals surface area contributed by atoms with E-state index in [1.807, 2.05) is 6.92 Å². The Kier molecular flexibility index (Phi) is 4.24. The SMILES string of the molecule is CCOCC(=O)N(C)c1ccc(F)cc1. The van der Waals surface area contributed by atoms with Crippen LogP contribution in [0.5, 0.6) is 0 Å². The van der Waals surface area contributed by atoms with Crippen LogP contribution in [0.15, 0.2) is 24.3 Å². The van der Waals surface area contributed by atoms with Crippen molar-refractivity contribution >= 4 is 11.6 Å². The molecule has 0 fully saturated rings. The molecule has 0 saturated heterocycles. The zero-order valence-electron chi connectivity index (χ0n) is 8.87. The van der Waals surface area contributed by atoms with Crippen molar-refractivity contribution in [2.75, 3.05) is 25.2 Å². The van der Waals surface area contributed by atoms with Gasteiger partial charge in [-0.25, -0.2) is 4.39 Å². The molecule has 0 heterocycles. The molecule has 0 N–H and O–H groups in total. The first kappa shape index (κ1) is 11.7. The third-order valence-electron chi connectivity index (χ3n) is 2.02. The van der Waals surface area contributed by atoms with Crippen LogP contribution < -0.4 is 4.90 Å². The molecule has 0 unspecified atom stereocenters. The summed E-state index contributed by atoms with van der Waals surface area (Å²) in [6.45, 7) is 2.37. The lowest BCUT2D eigenvalue weighted by molar-refractivity contribution is -0.122. The highest BCUT2D eigenvalue weighted by Gasteiger charge is 2.10. The van der Waals surface area contributed by atoms with Crippen molar-refractivity contribution in [3.05, 3.63) is 30.1 Å². The molecule has 0 bridgehead atoms. The zero-order chi connectivity index (χ0) is 11.3. The predicted octanol–water partition coefficient (Wildman–Crippen LogP) is 1.82. The number of likely N-dealkylation sites (N-methyl/N-ethyl adjacent to an activating group) is 1. The van der Waals surface area contributed by atoms with Gasteiger partial charge >= 0.3 is 0 Å². The van der Waals surface area contributed by atoms with Gasteiger partial charge in [-0.1, -0.05) is 0 Å². The Morgan fingerprint density at radius 3 is 2.53 bits per heavy atom. The highest BCUT2D eigenvalue weighted by molar-refractivity contribution is 5.93. The number of halogens is 1. The molecular weight excluding hydrogens is 197 g/mol. The van der Waals surface area contributed by atoms with Gasteiger partial charge in [0.1, 0.15) is 12.4 Å². The van der Waals surface area contributed by atoms with Crippen LogP contribution >= 0.6 is 0 Å². The summed E-state index contributed by atoms with van der Waals surface area (Å²) >= 11 is 0. The third kappa shape index (κ3) is 3.32. The van der Waals surface area contributed by atoms with Crippen LogP contribution in [0, 0.1) is 5.82 Å². The van der Waals surface area contributed by atoms with Crippen LogP contribution in [0.4, 0.5) is 10.1 Å². The number of nitrogens with zero attached hydrogens (tertiary/aromatic N) is 1. The second-order valence-corrected chi connectivity index (χ2v) is 3.07. The van der Waals surface area contributed by atoms with Crippen LogP contribution in [0.3, 0.4) is 0 Å². The van der Waals surface area contributed by atoms with Gasteiger partial charge in [-0.15, -0.1) is 0 Å². The molecular formula is C11H14FNO2. The van der Waals surface area contributed by atoms with Gasteiger partial charge in [0.15, 0.2) is 0 Å². The molecule has 0 radical (unpaired) electrons. The molecule has 0 aliphatic heterocycles. The molecule has 82 valence electrons. The van der Waals surface area contributed by atoms with Gasteiger partial charge in [0.05, 0.1) is 0 Å². The first-order valence-electron chi connectivity index (χ1n) is 4.75. The monoisotopic (exact) mass is 211 g/mol. The summed E-state index contributed by atoms with van der Waals surface area (Å²) in [5.74, 6) is -0.465.